The summed E-state index contributed by atoms with van der Waals surface area (Å²) in [5.41, 5.74) is 1.31. The third-order valence-corrected chi connectivity index (χ3v) is 8.61. The van der Waals surface area contributed by atoms with Crippen LogP contribution in [0.3, 0.4) is 0 Å². The summed E-state index contributed by atoms with van der Waals surface area (Å²) in [6, 6.07) is 1.86. The smallest absolute Gasteiger partial charge is 0.346 e. The van der Waals surface area contributed by atoms with Crippen LogP contribution in [0.1, 0.15) is 12.8 Å². The zero-order valence-electron chi connectivity index (χ0n) is 16.8. The fourth-order valence-electron chi connectivity index (χ4n) is 4.01. The Hall–Kier alpha value is -2.98. The summed E-state index contributed by atoms with van der Waals surface area (Å²) in [7, 11) is -3.16. The molecule has 3 aromatic rings. The first-order valence-electron chi connectivity index (χ1n) is 9.95. The summed E-state index contributed by atoms with van der Waals surface area (Å²) in [5.74, 6) is 0. The molecule has 13 heteroatoms. The van der Waals surface area contributed by atoms with Crippen molar-refractivity contribution in [2.45, 2.75) is 29.8 Å². The molecule has 3 aromatic heterocycles. The van der Waals surface area contributed by atoms with Gasteiger partial charge in [0.1, 0.15) is 28.4 Å². The van der Waals surface area contributed by atoms with E-state index < -0.39 is 28.2 Å². The number of alkyl halides is 3. The van der Waals surface area contributed by atoms with Crippen LogP contribution in [0.25, 0.3) is 27.1 Å². The van der Waals surface area contributed by atoms with E-state index in [0.29, 0.717) is 24.2 Å². The summed E-state index contributed by atoms with van der Waals surface area (Å²) in [4.78, 5) is 15.1. The SMILES string of the molecule is [C-]#[N+]CC1(n2cc(-c3ncnc4[nH]ccc34)cn2)CN(S(=O)(=NCC(F)(F)F)C2CC2)C1. The second-order valence-electron chi connectivity index (χ2n) is 8.11. The molecular weight excluding hydrogens is 445 g/mol. The van der Waals surface area contributed by atoms with Gasteiger partial charge in [0.25, 0.3) is 0 Å². The number of hydrogen-bond donors (Lipinski definition) is 1. The molecule has 1 saturated heterocycles. The van der Waals surface area contributed by atoms with Gasteiger partial charge in [0.15, 0.2) is 5.54 Å². The lowest BCUT2D eigenvalue weighted by Gasteiger charge is -2.47. The number of nitrogens with one attached hydrogen (secondary N) is 1. The van der Waals surface area contributed by atoms with Crippen LogP contribution in [0.2, 0.25) is 0 Å². The van der Waals surface area contributed by atoms with Gasteiger partial charge < -0.3 is 9.83 Å². The topological polar surface area (TPSA) is 96.4 Å². The minimum absolute atomic E-state index is 0.0629. The maximum absolute atomic E-state index is 13.4. The second kappa shape index (κ2) is 7.28. The summed E-state index contributed by atoms with van der Waals surface area (Å²) in [5, 5.41) is 4.90. The molecule has 0 aromatic carbocycles. The lowest BCUT2D eigenvalue weighted by Crippen LogP contribution is -2.66. The van der Waals surface area contributed by atoms with E-state index in [2.05, 4.69) is 29.3 Å². The molecule has 0 amide bonds. The Bertz CT molecular complexity index is 1320. The average Bonchev–Trinajstić information content (AvgIpc) is 3.28. The fourth-order valence-corrected chi connectivity index (χ4v) is 6.73. The van der Waals surface area contributed by atoms with Crippen LogP contribution in [0.5, 0.6) is 0 Å². The Morgan fingerprint density at radius 3 is 2.81 bits per heavy atom. The van der Waals surface area contributed by atoms with Crippen molar-refractivity contribution in [3.05, 3.63) is 42.4 Å². The normalized spacial score (nSPS) is 20.4. The minimum atomic E-state index is -4.51. The van der Waals surface area contributed by atoms with Crippen molar-refractivity contribution in [2.24, 2.45) is 4.36 Å². The van der Waals surface area contributed by atoms with Gasteiger partial charge in [-0.1, -0.05) is 0 Å². The van der Waals surface area contributed by atoms with Crippen LogP contribution in [0.4, 0.5) is 13.2 Å². The summed E-state index contributed by atoms with van der Waals surface area (Å²) < 4.78 is 58.4. The second-order valence-corrected chi connectivity index (χ2v) is 10.6. The Labute approximate surface area is 181 Å². The third kappa shape index (κ3) is 3.53. The van der Waals surface area contributed by atoms with Crippen molar-refractivity contribution < 1.29 is 17.4 Å². The highest BCUT2D eigenvalue weighted by Gasteiger charge is 2.55. The van der Waals surface area contributed by atoms with Crippen LogP contribution in [0, 0.1) is 6.57 Å². The first-order valence-corrected chi connectivity index (χ1v) is 11.5. The van der Waals surface area contributed by atoms with Gasteiger partial charge in [0, 0.05) is 36.4 Å². The fraction of sp³-hybridized carbons (Fsp3) is 0.474. The van der Waals surface area contributed by atoms with Gasteiger partial charge >= 0.3 is 6.18 Å². The molecule has 1 saturated carbocycles. The van der Waals surface area contributed by atoms with Gasteiger partial charge in [-0.15, -0.1) is 0 Å². The number of nitrogens with zero attached hydrogens (tertiary/aromatic N) is 7. The van der Waals surface area contributed by atoms with E-state index in [1.165, 1.54) is 10.6 Å². The number of halogens is 3. The molecule has 1 unspecified atom stereocenters. The van der Waals surface area contributed by atoms with Crippen LogP contribution in [0.15, 0.2) is 35.3 Å². The molecule has 5 rings (SSSR count). The van der Waals surface area contributed by atoms with E-state index in [1.54, 1.807) is 23.3 Å². The van der Waals surface area contributed by atoms with Crippen LogP contribution >= 0.6 is 0 Å². The van der Waals surface area contributed by atoms with Crippen molar-refractivity contribution in [1.29, 1.82) is 0 Å². The molecule has 0 spiro atoms. The summed E-state index contributed by atoms with van der Waals surface area (Å²) in [6.07, 6.45) is 3.29. The van der Waals surface area contributed by atoms with E-state index in [4.69, 9.17) is 6.57 Å². The van der Waals surface area contributed by atoms with E-state index in [9.17, 15) is 17.4 Å². The lowest BCUT2D eigenvalue weighted by molar-refractivity contribution is -0.118. The van der Waals surface area contributed by atoms with Gasteiger partial charge in [-0.2, -0.15) is 18.3 Å². The average molecular weight is 464 g/mol. The Morgan fingerprint density at radius 2 is 2.12 bits per heavy atom. The first kappa shape index (κ1) is 20.9. The van der Waals surface area contributed by atoms with Crippen molar-refractivity contribution in [2.75, 3.05) is 26.2 Å². The van der Waals surface area contributed by atoms with Crippen LogP contribution in [-0.4, -0.2) is 70.9 Å². The molecule has 1 atom stereocenters. The van der Waals surface area contributed by atoms with Crippen LogP contribution < -0.4 is 0 Å². The number of hydrogen-bond acceptors (Lipinski definition) is 5. The van der Waals surface area contributed by atoms with E-state index in [1.807, 2.05) is 6.07 Å². The minimum Gasteiger partial charge on any atom is -0.346 e. The number of rotatable bonds is 6. The van der Waals surface area contributed by atoms with E-state index in [-0.39, 0.29) is 24.9 Å². The molecule has 168 valence electrons. The molecule has 1 aliphatic heterocycles. The quantitative estimate of drug-likeness (QED) is 0.568. The van der Waals surface area contributed by atoms with Gasteiger partial charge in [-0.25, -0.2) is 29.4 Å². The van der Waals surface area contributed by atoms with Crippen molar-refractivity contribution >= 4 is 20.9 Å². The molecule has 32 heavy (non-hydrogen) atoms. The van der Waals surface area contributed by atoms with Gasteiger partial charge in [0.2, 0.25) is 6.54 Å². The highest BCUT2D eigenvalue weighted by molar-refractivity contribution is 7.92. The zero-order chi connectivity index (χ0) is 22.6. The van der Waals surface area contributed by atoms with Gasteiger partial charge in [-0.3, -0.25) is 4.68 Å². The van der Waals surface area contributed by atoms with Gasteiger partial charge in [0.05, 0.1) is 17.1 Å². The number of H-pyrrole nitrogens is 1. The molecule has 2 fully saturated rings. The van der Waals surface area contributed by atoms with Crippen LogP contribution in [-0.2, 0) is 15.5 Å². The highest BCUT2D eigenvalue weighted by atomic mass is 32.2. The van der Waals surface area contributed by atoms with Crippen molar-refractivity contribution in [3.63, 3.8) is 0 Å². The molecule has 2 aliphatic rings. The molecule has 9 nitrogen and oxygen atoms in total. The maximum Gasteiger partial charge on any atom is 0.408 e. The predicted octanol–water partition coefficient (Wildman–Crippen LogP) is 2.86. The molecule has 4 heterocycles. The van der Waals surface area contributed by atoms with E-state index in [0.717, 1.165) is 10.9 Å². The standard InChI is InChI=1S/C19H19F3N8OS/c1-23-8-18(10-29(11-18)32(31,14-2-3-14)28-9-19(20,21)22)30-7-13(6-27-30)16-15-4-5-24-17(15)26-12-25-16/h4-7,12,14H,2-3,8-11H2,(H,24,25,26). The number of fused-ring (bicyclic) bond motifs is 1. The molecule has 0 radical (unpaired) electrons. The Kier molecular flexibility index (Phi) is 4.75. The largest absolute Gasteiger partial charge is 0.408 e. The summed E-state index contributed by atoms with van der Waals surface area (Å²) in [6.45, 7) is 6.31. The monoisotopic (exact) mass is 464 g/mol. The Balaban J connectivity index is 1.44. The highest BCUT2D eigenvalue weighted by Crippen LogP contribution is 2.41. The molecule has 1 aliphatic carbocycles. The van der Waals surface area contributed by atoms with Crippen molar-refractivity contribution in [1.82, 2.24) is 29.0 Å². The van der Waals surface area contributed by atoms with E-state index >= 15 is 0 Å². The first-order chi connectivity index (χ1) is 15.2. The van der Waals surface area contributed by atoms with Crippen molar-refractivity contribution in [3.8, 4) is 11.3 Å². The molecule has 1 N–H and O–H groups in total. The predicted molar refractivity (Wildman–Crippen MR) is 111 cm³/mol. The van der Waals surface area contributed by atoms with Gasteiger partial charge in [-0.05, 0) is 18.9 Å². The third-order valence-electron chi connectivity index (χ3n) is 5.77. The summed E-state index contributed by atoms with van der Waals surface area (Å²) >= 11 is 0. The molecular formula is C19H19F3N8OS. The zero-order valence-corrected chi connectivity index (χ0v) is 17.6. The maximum atomic E-state index is 13.4. The molecule has 0 bridgehead atoms. The number of aromatic nitrogens is 5. The Morgan fingerprint density at radius 1 is 1.34 bits per heavy atom. The lowest BCUT2D eigenvalue weighted by atomic mass is 9.92. The number of aromatic amines is 1.